The lowest BCUT2D eigenvalue weighted by atomic mass is 9.79. The summed E-state index contributed by atoms with van der Waals surface area (Å²) in [5.74, 6) is 1.71. The second-order valence-electron chi connectivity index (χ2n) is 7.23. The van der Waals surface area contributed by atoms with E-state index in [0.29, 0.717) is 22.8 Å². The van der Waals surface area contributed by atoms with Gasteiger partial charge in [0.05, 0.1) is 23.9 Å². The first-order valence-corrected chi connectivity index (χ1v) is 8.47. The van der Waals surface area contributed by atoms with Crippen molar-refractivity contribution in [2.45, 2.75) is 38.9 Å². The molecule has 1 aliphatic heterocycles. The number of rotatable bonds is 4. The highest BCUT2D eigenvalue weighted by atomic mass is 16.7. The van der Waals surface area contributed by atoms with Gasteiger partial charge in [0.2, 0.25) is 0 Å². The minimum atomic E-state index is -0.416. The molecule has 0 saturated carbocycles. The second-order valence-corrected chi connectivity index (χ2v) is 7.23. The molecule has 1 heterocycles. The number of hydrogen-bond donors (Lipinski definition) is 0. The molecule has 0 aromatic heterocycles. The summed E-state index contributed by atoms with van der Waals surface area (Å²) >= 11 is 0. The maximum absolute atomic E-state index is 9.24. The molecule has 2 aromatic carbocycles. The second kappa shape index (κ2) is 6.67. The lowest BCUT2D eigenvalue weighted by Crippen LogP contribution is -2.41. The van der Waals surface area contributed by atoms with Crippen molar-refractivity contribution in [2.75, 3.05) is 7.11 Å². The average molecular weight is 351 g/mol. The van der Waals surface area contributed by atoms with Gasteiger partial charge < -0.3 is 18.8 Å². The lowest BCUT2D eigenvalue weighted by molar-refractivity contribution is 0.00578. The zero-order valence-electron chi connectivity index (χ0n) is 15.7. The molecule has 0 aliphatic carbocycles. The van der Waals surface area contributed by atoms with E-state index < -0.39 is 7.12 Å². The molecule has 5 nitrogen and oxygen atoms in total. The van der Waals surface area contributed by atoms with Crippen molar-refractivity contribution in [1.29, 1.82) is 5.26 Å². The van der Waals surface area contributed by atoms with E-state index in [9.17, 15) is 5.26 Å². The van der Waals surface area contributed by atoms with Gasteiger partial charge in [0.25, 0.3) is 0 Å². The van der Waals surface area contributed by atoms with Crippen molar-refractivity contribution < 1.29 is 18.8 Å². The van der Waals surface area contributed by atoms with Crippen molar-refractivity contribution >= 4 is 12.6 Å². The topological polar surface area (TPSA) is 60.7 Å². The highest BCUT2D eigenvalue weighted by molar-refractivity contribution is 6.62. The van der Waals surface area contributed by atoms with Crippen LogP contribution in [-0.4, -0.2) is 25.4 Å². The normalized spacial score (nSPS) is 17.6. The Hall–Kier alpha value is -2.49. The highest BCUT2D eigenvalue weighted by Gasteiger charge is 2.51. The molecule has 2 aromatic rings. The molecule has 0 unspecified atom stereocenters. The van der Waals surface area contributed by atoms with Crippen LogP contribution in [0.2, 0.25) is 0 Å². The van der Waals surface area contributed by atoms with E-state index in [2.05, 4.69) is 6.07 Å². The number of nitrogens with zero attached hydrogens (tertiary/aromatic N) is 1. The quantitative estimate of drug-likeness (QED) is 0.787. The largest absolute Gasteiger partial charge is 0.497 e. The van der Waals surface area contributed by atoms with Gasteiger partial charge in [0.1, 0.15) is 23.3 Å². The molecule has 0 atom stereocenters. The van der Waals surface area contributed by atoms with Gasteiger partial charge in [-0.15, -0.1) is 0 Å². The zero-order valence-corrected chi connectivity index (χ0v) is 15.7. The minimum Gasteiger partial charge on any atom is -0.497 e. The minimum absolute atomic E-state index is 0.380. The smallest absolute Gasteiger partial charge is 0.494 e. The Balaban J connectivity index is 1.79. The maximum Gasteiger partial charge on any atom is 0.494 e. The van der Waals surface area contributed by atoms with Crippen LogP contribution in [-0.2, 0) is 9.31 Å². The molecule has 0 amide bonds. The lowest BCUT2D eigenvalue weighted by Gasteiger charge is -2.32. The molecule has 0 spiro atoms. The Morgan fingerprint density at radius 3 is 2.04 bits per heavy atom. The van der Waals surface area contributed by atoms with E-state index in [1.54, 1.807) is 25.3 Å². The summed E-state index contributed by atoms with van der Waals surface area (Å²) in [7, 11) is 1.16. The van der Waals surface area contributed by atoms with Gasteiger partial charge in [-0.25, -0.2) is 0 Å². The molecule has 0 bridgehead atoms. The van der Waals surface area contributed by atoms with E-state index in [4.69, 9.17) is 18.8 Å². The Bertz CT molecular complexity index is 824. The van der Waals surface area contributed by atoms with Gasteiger partial charge in [-0.2, -0.15) is 5.26 Å². The van der Waals surface area contributed by atoms with Crippen LogP contribution < -0.4 is 14.9 Å². The van der Waals surface area contributed by atoms with Crippen LogP contribution in [0.25, 0.3) is 0 Å². The Labute approximate surface area is 154 Å². The van der Waals surface area contributed by atoms with Gasteiger partial charge in [-0.3, -0.25) is 0 Å². The molecule has 1 aliphatic rings. The predicted molar refractivity (Wildman–Crippen MR) is 99.9 cm³/mol. The molecular weight excluding hydrogens is 329 g/mol. The summed E-state index contributed by atoms with van der Waals surface area (Å²) in [6.45, 7) is 8.10. The SMILES string of the molecule is COc1ccc(C#N)c(Oc2ccc(B3OC(C)(C)C(C)(C)O3)cc2)c1. The van der Waals surface area contributed by atoms with E-state index in [0.717, 1.165) is 5.46 Å². The Kier molecular flexibility index (Phi) is 4.70. The summed E-state index contributed by atoms with van der Waals surface area (Å²) in [5, 5.41) is 9.24. The Morgan fingerprint density at radius 2 is 1.50 bits per heavy atom. The maximum atomic E-state index is 9.24. The zero-order chi connectivity index (χ0) is 18.9. The summed E-state index contributed by atoms with van der Waals surface area (Å²) in [4.78, 5) is 0. The monoisotopic (exact) mass is 351 g/mol. The molecule has 134 valence electrons. The van der Waals surface area contributed by atoms with Crippen LogP contribution in [0.3, 0.4) is 0 Å². The number of ether oxygens (including phenoxy) is 2. The van der Waals surface area contributed by atoms with Crippen molar-refractivity contribution in [2.24, 2.45) is 0 Å². The van der Waals surface area contributed by atoms with Crippen molar-refractivity contribution in [1.82, 2.24) is 0 Å². The third-order valence-electron chi connectivity index (χ3n) is 4.94. The summed E-state index contributed by atoms with van der Waals surface area (Å²) < 4.78 is 23.2. The summed E-state index contributed by atoms with van der Waals surface area (Å²) in [5.41, 5.74) is 0.604. The number of benzene rings is 2. The molecule has 3 rings (SSSR count). The number of methoxy groups -OCH3 is 1. The van der Waals surface area contributed by atoms with Gasteiger partial charge in [0, 0.05) is 6.07 Å². The van der Waals surface area contributed by atoms with E-state index in [1.807, 2.05) is 52.0 Å². The molecule has 6 heteroatoms. The fraction of sp³-hybridized carbons (Fsp3) is 0.350. The fourth-order valence-electron chi connectivity index (χ4n) is 2.61. The third kappa shape index (κ3) is 3.41. The highest BCUT2D eigenvalue weighted by Crippen LogP contribution is 2.36. The predicted octanol–water partition coefficient (Wildman–Crippen LogP) is 3.66. The van der Waals surface area contributed by atoms with Crippen molar-refractivity contribution in [3.8, 4) is 23.3 Å². The van der Waals surface area contributed by atoms with Crippen LogP contribution in [0.15, 0.2) is 42.5 Å². The molecule has 0 N–H and O–H groups in total. The van der Waals surface area contributed by atoms with E-state index >= 15 is 0 Å². The van der Waals surface area contributed by atoms with Crippen LogP contribution in [0.4, 0.5) is 0 Å². The van der Waals surface area contributed by atoms with Crippen LogP contribution >= 0.6 is 0 Å². The van der Waals surface area contributed by atoms with Crippen molar-refractivity contribution in [3.05, 3.63) is 48.0 Å². The van der Waals surface area contributed by atoms with Gasteiger partial charge in [0.15, 0.2) is 0 Å². The molecule has 1 saturated heterocycles. The van der Waals surface area contributed by atoms with E-state index in [-0.39, 0.29) is 11.2 Å². The van der Waals surface area contributed by atoms with E-state index in [1.165, 1.54) is 0 Å². The molecule has 26 heavy (non-hydrogen) atoms. The van der Waals surface area contributed by atoms with Crippen LogP contribution in [0.1, 0.15) is 33.3 Å². The van der Waals surface area contributed by atoms with Crippen LogP contribution in [0, 0.1) is 11.3 Å². The first-order chi connectivity index (χ1) is 12.3. The summed E-state index contributed by atoms with van der Waals surface area (Å²) in [6.07, 6.45) is 0. The molecule has 1 fully saturated rings. The third-order valence-corrected chi connectivity index (χ3v) is 4.94. The first kappa shape index (κ1) is 18.3. The summed E-state index contributed by atoms with van der Waals surface area (Å²) in [6, 6.07) is 14.7. The molecule has 0 radical (unpaired) electrons. The standard InChI is InChI=1S/C20H22BNO4/c1-19(2)20(3,4)26-21(25-19)15-7-10-16(11-8-15)24-18-12-17(23-5)9-6-14(18)13-22/h6-12H,1-5H3. The van der Waals surface area contributed by atoms with Crippen molar-refractivity contribution in [3.63, 3.8) is 0 Å². The molecular formula is C20H22BNO4. The average Bonchev–Trinajstić information content (AvgIpc) is 2.83. The number of nitriles is 1. The van der Waals surface area contributed by atoms with Crippen LogP contribution in [0.5, 0.6) is 17.2 Å². The fourth-order valence-corrected chi connectivity index (χ4v) is 2.61. The van der Waals surface area contributed by atoms with Gasteiger partial charge in [-0.1, -0.05) is 12.1 Å². The van der Waals surface area contributed by atoms with Gasteiger partial charge >= 0.3 is 7.12 Å². The Morgan fingerprint density at radius 1 is 0.923 bits per heavy atom. The first-order valence-electron chi connectivity index (χ1n) is 8.47. The van der Waals surface area contributed by atoms with Gasteiger partial charge in [-0.05, 0) is 57.4 Å². The number of hydrogen-bond acceptors (Lipinski definition) is 5.